The number of aliphatic hydroxyl groups is 1. The molecule has 0 aliphatic carbocycles. The fourth-order valence-electron chi connectivity index (χ4n) is 1.14. The molecule has 0 unspecified atom stereocenters. The first kappa shape index (κ1) is 12.8. The molecular formula is C11H15ClN2O2. The van der Waals surface area contributed by atoms with Gasteiger partial charge in [-0.3, -0.25) is 0 Å². The third kappa shape index (κ3) is 4.51. The second kappa shape index (κ2) is 7.09. The van der Waals surface area contributed by atoms with Gasteiger partial charge >= 0.3 is 6.03 Å². The van der Waals surface area contributed by atoms with Crippen LogP contribution in [-0.4, -0.2) is 23.6 Å². The Balaban J connectivity index is 2.37. The molecule has 0 spiro atoms. The van der Waals surface area contributed by atoms with Gasteiger partial charge < -0.3 is 15.7 Å². The van der Waals surface area contributed by atoms with E-state index in [4.69, 9.17) is 16.7 Å². The minimum Gasteiger partial charge on any atom is -0.392 e. The molecule has 0 atom stereocenters. The van der Waals surface area contributed by atoms with Crippen LogP contribution in [0.4, 0.5) is 10.5 Å². The van der Waals surface area contributed by atoms with Gasteiger partial charge in [0, 0.05) is 18.1 Å². The van der Waals surface area contributed by atoms with Gasteiger partial charge in [-0.1, -0.05) is 12.1 Å². The maximum atomic E-state index is 11.3. The molecule has 3 N–H and O–H groups in total. The third-order valence-corrected chi connectivity index (χ3v) is 2.26. The monoisotopic (exact) mass is 242 g/mol. The first-order chi connectivity index (χ1) is 7.76. The number of carbonyl (C=O) groups is 1. The maximum Gasteiger partial charge on any atom is 0.319 e. The maximum absolute atomic E-state index is 11.3. The smallest absolute Gasteiger partial charge is 0.319 e. The summed E-state index contributed by atoms with van der Waals surface area (Å²) in [4.78, 5) is 11.3. The zero-order valence-corrected chi connectivity index (χ0v) is 9.63. The number of benzene rings is 1. The summed E-state index contributed by atoms with van der Waals surface area (Å²) in [6.45, 7) is 0.562. The van der Waals surface area contributed by atoms with E-state index in [1.54, 1.807) is 24.3 Å². The second-order valence-corrected chi connectivity index (χ2v) is 3.66. The van der Waals surface area contributed by atoms with Gasteiger partial charge in [-0.2, -0.15) is 0 Å². The molecule has 16 heavy (non-hydrogen) atoms. The van der Waals surface area contributed by atoms with Crippen molar-refractivity contribution < 1.29 is 9.90 Å². The number of nitrogens with one attached hydrogen (secondary N) is 2. The molecule has 0 aromatic heterocycles. The average molecular weight is 243 g/mol. The van der Waals surface area contributed by atoms with Gasteiger partial charge in [0.1, 0.15) is 0 Å². The summed E-state index contributed by atoms with van der Waals surface area (Å²) in [6, 6.07) is 6.75. The quantitative estimate of drug-likeness (QED) is 0.546. The molecule has 0 bridgehead atoms. The van der Waals surface area contributed by atoms with Gasteiger partial charge in [-0.15, -0.1) is 11.6 Å². The standard InChI is InChI=1S/C11H15ClN2O2/c12-6-1-7-13-11(16)14-10-4-2-9(8-15)3-5-10/h2-5,15H,1,6-8H2,(H2,13,14,16). The van der Waals surface area contributed by atoms with Gasteiger partial charge in [0.25, 0.3) is 0 Å². The molecule has 0 saturated heterocycles. The van der Waals surface area contributed by atoms with Crippen molar-refractivity contribution >= 4 is 23.3 Å². The summed E-state index contributed by atoms with van der Waals surface area (Å²) < 4.78 is 0. The predicted molar refractivity (Wildman–Crippen MR) is 64.7 cm³/mol. The Morgan fingerprint density at radius 1 is 1.31 bits per heavy atom. The largest absolute Gasteiger partial charge is 0.392 e. The van der Waals surface area contributed by atoms with E-state index in [9.17, 15) is 4.79 Å². The van der Waals surface area contributed by atoms with Crippen molar-refractivity contribution in [2.24, 2.45) is 0 Å². The van der Waals surface area contributed by atoms with Crippen molar-refractivity contribution in [1.29, 1.82) is 0 Å². The molecule has 0 aliphatic rings. The fraction of sp³-hybridized carbons (Fsp3) is 0.364. The van der Waals surface area contributed by atoms with E-state index in [-0.39, 0.29) is 12.6 Å². The number of urea groups is 1. The van der Waals surface area contributed by atoms with Crippen molar-refractivity contribution in [3.8, 4) is 0 Å². The summed E-state index contributed by atoms with van der Waals surface area (Å²) in [5, 5.41) is 14.2. The van der Waals surface area contributed by atoms with Crippen LogP contribution in [0.5, 0.6) is 0 Å². The minimum atomic E-state index is -0.248. The highest BCUT2D eigenvalue weighted by Crippen LogP contribution is 2.08. The Morgan fingerprint density at radius 3 is 2.56 bits per heavy atom. The number of hydrogen-bond donors (Lipinski definition) is 3. The molecule has 4 nitrogen and oxygen atoms in total. The number of anilines is 1. The van der Waals surface area contributed by atoms with Crippen LogP contribution in [0, 0.1) is 0 Å². The van der Waals surface area contributed by atoms with E-state index in [0.29, 0.717) is 18.1 Å². The van der Waals surface area contributed by atoms with Crippen LogP contribution in [0.2, 0.25) is 0 Å². The zero-order chi connectivity index (χ0) is 11.8. The third-order valence-electron chi connectivity index (χ3n) is 1.99. The summed E-state index contributed by atoms with van der Waals surface area (Å²) in [7, 11) is 0. The van der Waals surface area contributed by atoms with Crippen molar-refractivity contribution in [2.45, 2.75) is 13.0 Å². The normalized spacial score (nSPS) is 9.88. The van der Waals surface area contributed by atoms with E-state index in [1.807, 2.05) is 0 Å². The van der Waals surface area contributed by atoms with E-state index in [1.165, 1.54) is 0 Å². The molecule has 5 heteroatoms. The van der Waals surface area contributed by atoms with Gasteiger partial charge in [-0.25, -0.2) is 4.79 Å². The number of halogens is 1. The van der Waals surface area contributed by atoms with Crippen molar-refractivity contribution in [1.82, 2.24) is 5.32 Å². The van der Waals surface area contributed by atoms with Crippen molar-refractivity contribution in [2.75, 3.05) is 17.7 Å². The lowest BCUT2D eigenvalue weighted by Gasteiger charge is -2.07. The summed E-state index contributed by atoms with van der Waals surface area (Å²) in [5.74, 6) is 0.533. The number of aliphatic hydroxyl groups excluding tert-OH is 1. The SMILES string of the molecule is O=C(NCCCCl)Nc1ccc(CO)cc1. The molecule has 1 aromatic carbocycles. The van der Waals surface area contributed by atoms with E-state index >= 15 is 0 Å². The Hall–Kier alpha value is -1.26. The number of hydrogen-bond acceptors (Lipinski definition) is 2. The molecule has 1 aromatic rings. The number of alkyl halides is 1. The fourth-order valence-corrected chi connectivity index (χ4v) is 1.27. The molecule has 1 rings (SSSR count). The molecule has 0 saturated carbocycles. The van der Waals surface area contributed by atoms with Crippen LogP contribution in [0.3, 0.4) is 0 Å². The van der Waals surface area contributed by atoms with Crippen LogP contribution in [0.1, 0.15) is 12.0 Å². The Bertz CT molecular complexity index is 327. The van der Waals surface area contributed by atoms with Crippen LogP contribution < -0.4 is 10.6 Å². The Morgan fingerprint density at radius 2 is 2.00 bits per heavy atom. The topological polar surface area (TPSA) is 61.4 Å². The highest BCUT2D eigenvalue weighted by Gasteiger charge is 2.00. The lowest BCUT2D eigenvalue weighted by Crippen LogP contribution is -2.29. The average Bonchev–Trinajstić information content (AvgIpc) is 2.30. The van der Waals surface area contributed by atoms with Gasteiger partial charge in [0.2, 0.25) is 0 Å². The number of carbonyl (C=O) groups excluding carboxylic acids is 1. The molecule has 0 fully saturated rings. The van der Waals surface area contributed by atoms with Gasteiger partial charge in [0.05, 0.1) is 6.61 Å². The van der Waals surface area contributed by atoms with Crippen molar-refractivity contribution in [3.63, 3.8) is 0 Å². The van der Waals surface area contributed by atoms with Gasteiger partial charge in [-0.05, 0) is 24.1 Å². The first-order valence-electron chi connectivity index (χ1n) is 5.07. The number of rotatable bonds is 5. The lowest BCUT2D eigenvalue weighted by molar-refractivity contribution is 0.252. The Labute approximate surface area is 99.6 Å². The summed E-state index contributed by atoms with van der Waals surface area (Å²) in [5.41, 5.74) is 1.51. The highest BCUT2D eigenvalue weighted by molar-refractivity contribution is 6.17. The van der Waals surface area contributed by atoms with Crippen LogP contribution in [0.25, 0.3) is 0 Å². The molecule has 0 heterocycles. The zero-order valence-electron chi connectivity index (χ0n) is 8.87. The van der Waals surface area contributed by atoms with Crippen LogP contribution in [0.15, 0.2) is 24.3 Å². The second-order valence-electron chi connectivity index (χ2n) is 3.28. The molecule has 0 aliphatic heterocycles. The van der Waals surface area contributed by atoms with E-state index in [0.717, 1.165) is 12.0 Å². The molecule has 2 amide bonds. The summed E-state index contributed by atoms with van der Waals surface area (Å²) >= 11 is 5.48. The van der Waals surface area contributed by atoms with E-state index in [2.05, 4.69) is 10.6 Å². The molecule has 0 radical (unpaired) electrons. The van der Waals surface area contributed by atoms with Gasteiger partial charge in [0.15, 0.2) is 0 Å². The first-order valence-corrected chi connectivity index (χ1v) is 5.60. The minimum absolute atomic E-state index is 0.00218. The van der Waals surface area contributed by atoms with Crippen LogP contribution >= 0.6 is 11.6 Å². The Kier molecular flexibility index (Phi) is 5.67. The molecular weight excluding hydrogens is 228 g/mol. The lowest BCUT2D eigenvalue weighted by atomic mass is 10.2. The molecule has 88 valence electrons. The number of amides is 2. The van der Waals surface area contributed by atoms with E-state index < -0.39 is 0 Å². The highest BCUT2D eigenvalue weighted by atomic mass is 35.5. The van der Waals surface area contributed by atoms with Crippen molar-refractivity contribution in [3.05, 3.63) is 29.8 Å². The summed E-state index contributed by atoms with van der Waals surface area (Å²) in [6.07, 6.45) is 0.748. The predicted octanol–water partition coefficient (Wildman–Crippen LogP) is 1.93. The van der Waals surface area contributed by atoms with Crippen LogP contribution in [-0.2, 0) is 6.61 Å².